The van der Waals surface area contributed by atoms with Gasteiger partial charge in [-0.1, -0.05) is 32.0 Å². The smallest absolute Gasteiger partial charge is 0.0392 e. The minimum absolute atomic E-state index is 0.337. The van der Waals surface area contributed by atoms with Crippen LogP contribution in [0.4, 0.5) is 0 Å². The first-order chi connectivity index (χ1) is 9.65. The monoisotopic (exact) mass is 268 g/mol. The Morgan fingerprint density at radius 1 is 1.05 bits per heavy atom. The van der Waals surface area contributed by atoms with Crippen LogP contribution < -0.4 is 5.32 Å². The summed E-state index contributed by atoms with van der Waals surface area (Å²) >= 11 is 0. The average Bonchev–Trinajstić information content (AvgIpc) is 2.46. The third kappa shape index (κ3) is 3.07. The molecule has 0 aliphatic rings. The predicted octanol–water partition coefficient (Wildman–Crippen LogP) is 4.15. The van der Waals surface area contributed by atoms with Crippen molar-refractivity contribution in [2.24, 2.45) is 0 Å². The Hall–Kier alpha value is -1.67. The van der Waals surface area contributed by atoms with Crippen LogP contribution in [0.5, 0.6) is 0 Å². The van der Waals surface area contributed by atoms with E-state index < -0.39 is 0 Å². The summed E-state index contributed by atoms with van der Waals surface area (Å²) in [5.74, 6) is 0.415. The molecule has 0 spiro atoms. The fraction of sp³-hybridized carbons (Fsp3) is 0.389. The summed E-state index contributed by atoms with van der Waals surface area (Å²) in [6.07, 6.45) is 3.75. The van der Waals surface area contributed by atoms with E-state index in [9.17, 15) is 0 Å². The number of nitrogens with one attached hydrogen (secondary N) is 1. The summed E-state index contributed by atoms with van der Waals surface area (Å²) in [4.78, 5) is 4.12. The Morgan fingerprint density at radius 2 is 1.65 bits per heavy atom. The molecule has 0 bridgehead atoms. The molecule has 2 aromatic rings. The van der Waals surface area contributed by atoms with Crippen LogP contribution in [-0.4, -0.2) is 11.5 Å². The van der Waals surface area contributed by atoms with Crippen molar-refractivity contribution in [1.82, 2.24) is 10.3 Å². The number of rotatable bonds is 5. The van der Waals surface area contributed by atoms with Gasteiger partial charge in [0.25, 0.3) is 0 Å². The highest BCUT2D eigenvalue weighted by Crippen LogP contribution is 2.33. The van der Waals surface area contributed by atoms with Crippen molar-refractivity contribution in [3.63, 3.8) is 0 Å². The lowest BCUT2D eigenvalue weighted by Gasteiger charge is -2.28. The molecule has 2 atom stereocenters. The number of aromatic nitrogens is 1. The lowest BCUT2D eigenvalue weighted by Crippen LogP contribution is -2.27. The molecular weight excluding hydrogens is 244 g/mol. The highest BCUT2D eigenvalue weighted by molar-refractivity contribution is 5.38. The fourth-order valence-electron chi connectivity index (χ4n) is 2.93. The van der Waals surface area contributed by atoms with E-state index in [4.69, 9.17) is 0 Å². The average molecular weight is 268 g/mol. The minimum atomic E-state index is 0.337. The molecular formula is C18H24N2. The molecule has 2 unspecified atom stereocenters. The second-order valence-corrected chi connectivity index (χ2v) is 5.41. The number of aryl methyl sites for hydroxylation is 2. The van der Waals surface area contributed by atoms with Gasteiger partial charge in [-0.25, -0.2) is 0 Å². The van der Waals surface area contributed by atoms with Gasteiger partial charge in [0, 0.05) is 24.4 Å². The number of hydrogen-bond donors (Lipinski definition) is 1. The second kappa shape index (κ2) is 6.67. The number of benzene rings is 1. The Balaban J connectivity index is 2.41. The van der Waals surface area contributed by atoms with E-state index in [1.54, 1.807) is 0 Å². The van der Waals surface area contributed by atoms with Gasteiger partial charge >= 0.3 is 0 Å². The maximum atomic E-state index is 4.12. The van der Waals surface area contributed by atoms with Crippen LogP contribution in [0, 0.1) is 13.8 Å². The molecule has 0 amide bonds. The van der Waals surface area contributed by atoms with Gasteiger partial charge in [-0.2, -0.15) is 0 Å². The normalized spacial score (nSPS) is 14.0. The van der Waals surface area contributed by atoms with E-state index in [0.29, 0.717) is 12.0 Å². The van der Waals surface area contributed by atoms with Gasteiger partial charge < -0.3 is 5.32 Å². The summed E-state index contributed by atoms with van der Waals surface area (Å²) in [5.41, 5.74) is 5.47. The third-order valence-electron chi connectivity index (χ3n) is 4.01. The molecule has 0 aliphatic carbocycles. The van der Waals surface area contributed by atoms with Gasteiger partial charge in [0.2, 0.25) is 0 Å². The molecule has 2 rings (SSSR count). The number of likely N-dealkylation sites (N-methyl/N-ethyl adjacent to an activating group) is 1. The molecule has 1 aromatic heterocycles. The van der Waals surface area contributed by atoms with E-state index in [1.165, 1.54) is 22.3 Å². The molecule has 1 aromatic carbocycles. The fourth-order valence-corrected chi connectivity index (χ4v) is 2.93. The largest absolute Gasteiger partial charge is 0.310 e. The first-order valence-corrected chi connectivity index (χ1v) is 7.34. The molecule has 1 N–H and O–H groups in total. The molecule has 0 radical (unpaired) electrons. The van der Waals surface area contributed by atoms with E-state index >= 15 is 0 Å². The number of nitrogens with zero attached hydrogens (tertiary/aromatic N) is 1. The lowest BCUT2D eigenvalue weighted by molar-refractivity contribution is 0.475. The Labute approximate surface area is 122 Å². The standard InChI is InChI=1S/C18H24N2/c1-5-20-18(15(4)16-9-11-19-12-10-16)17-13(2)7-6-8-14(17)3/h6-12,15,18,20H,5H2,1-4H3. The molecule has 106 valence electrons. The van der Waals surface area contributed by atoms with Crippen molar-refractivity contribution in [2.75, 3.05) is 6.54 Å². The molecule has 0 saturated heterocycles. The van der Waals surface area contributed by atoms with E-state index in [1.807, 2.05) is 12.4 Å². The van der Waals surface area contributed by atoms with Crippen LogP contribution in [0.25, 0.3) is 0 Å². The van der Waals surface area contributed by atoms with Crippen LogP contribution in [0.3, 0.4) is 0 Å². The third-order valence-corrected chi connectivity index (χ3v) is 4.01. The maximum absolute atomic E-state index is 4.12. The quantitative estimate of drug-likeness (QED) is 0.881. The van der Waals surface area contributed by atoms with Crippen molar-refractivity contribution < 1.29 is 0 Å². The highest BCUT2D eigenvalue weighted by Gasteiger charge is 2.22. The van der Waals surface area contributed by atoms with Gasteiger partial charge in [0.1, 0.15) is 0 Å². The molecule has 2 nitrogen and oxygen atoms in total. The zero-order valence-electron chi connectivity index (χ0n) is 12.9. The highest BCUT2D eigenvalue weighted by atomic mass is 14.9. The van der Waals surface area contributed by atoms with Crippen molar-refractivity contribution in [2.45, 2.75) is 39.7 Å². The van der Waals surface area contributed by atoms with Crippen LogP contribution in [0.15, 0.2) is 42.7 Å². The summed E-state index contributed by atoms with van der Waals surface area (Å²) < 4.78 is 0. The van der Waals surface area contributed by atoms with Gasteiger partial charge in [-0.05, 0) is 54.8 Å². The van der Waals surface area contributed by atoms with E-state index in [-0.39, 0.29) is 0 Å². The molecule has 1 heterocycles. The molecule has 2 heteroatoms. The van der Waals surface area contributed by atoms with Crippen LogP contribution in [-0.2, 0) is 0 Å². The second-order valence-electron chi connectivity index (χ2n) is 5.41. The van der Waals surface area contributed by atoms with Crippen molar-refractivity contribution in [3.05, 3.63) is 65.0 Å². The predicted molar refractivity (Wildman–Crippen MR) is 85.0 cm³/mol. The maximum Gasteiger partial charge on any atom is 0.0392 e. The van der Waals surface area contributed by atoms with Crippen molar-refractivity contribution in [3.8, 4) is 0 Å². The van der Waals surface area contributed by atoms with Gasteiger partial charge in [-0.3, -0.25) is 4.98 Å². The van der Waals surface area contributed by atoms with Gasteiger partial charge in [-0.15, -0.1) is 0 Å². The van der Waals surface area contributed by atoms with Crippen LogP contribution >= 0.6 is 0 Å². The molecule has 0 fully saturated rings. The van der Waals surface area contributed by atoms with E-state index in [0.717, 1.165) is 6.54 Å². The van der Waals surface area contributed by atoms with Crippen LogP contribution in [0.1, 0.15) is 48.1 Å². The minimum Gasteiger partial charge on any atom is -0.310 e. The number of hydrogen-bond acceptors (Lipinski definition) is 2. The summed E-state index contributed by atoms with van der Waals surface area (Å²) in [6, 6.07) is 11.1. The Morgan fingerprint density at radius 3 is 2.20 bits per heavy atom. The van der Waals surface area contributed by atoms with E-state index in [2.05, 4.69) is 68.3 Å². The molecule has 0 saturated carbocycles. The van der Waals surface area contributed by atoms with Crippen molar-refractivity contribution in [1.29, 1.82) is 0 Å². The first kappa shape index (κ1) is 14.7. The lowest BCUT2D eigenvalue weighted by atomic mass is 9.85. The van der Waals surface area contributed by atoms with Crippen LogP contribution in [0.2, 0.25) is 0 Å². The topological polar surface area (TPSA) is 24.9 Å². The van der Waals surface area contributed by atoms with Gasteiger partial charge in [0.05, 0.1) is 0 Å². The summed E-state index contributed by atoms with van der Waals surface area (Å²) in [7, 11) is 0. The Kier molecular flexibility index (Phi) is 4.91. The Bertz CT molecular complexity index is 528. The van der Waals surface area contributed by atoms with Crippen molar-refractivity contribution >= 4 is 0 Å². The zero-order chi connectivity index (χ0) is 14.5. The first-order valence-electron chi connectivity index (χ1n) is 7.34. The zero-order valence-corrected chi connectivity index (χ0v) is 12.9. The molecule has 0 aliphatic heterocycles. The summed E-state index contributed by atoms with van der Waals surface area (Å²) in [5, 5.41) is 3.66. The van der Waals surface area contributed by atoms with Gasteiger partial charge in [0.15, 0.2) is 0 Å². The number of pyridine rings is 1. The molecule has 20 heavy (non-hydrogen) atoms. The summed E-state index contributed by atoms with van der Waals surface area (Å²) in [6.45, 7) is 9.82. The SMILES string of the molecule is CCNC(c1c(C)cccc1C)C(C)c1ccncc1.